The number of rotatable bonds is 4. The van der Waals surface area contributed by atoms with Gasteiger partial charge in [-0.05, 0) is 47.9 Å². The first-order chi connectivity index (χ1) is 8.14. The zero-order valence-corrected chi connectivity index (χ0v) is 11.9. The minimum Gasteiger partial charge on any atom is -0.468 e. The zero-order valence-electron chi connectivity index (χ0n) is 10.2. The lowest BCUT2D eigenvalue weighted by molar-refractivity contribution is 0.0510. The van der Waals surface area contributed by atoms with Crippen LogP contribution in [-0.4, -0.2) is 13.9 Å². The van der Waals surface area contributed by atoms with Crippen molar-refractivity contribution < 1.29 is 9.47 Å². The lowest BCUT2D eigenvalue weighted by Crippen LogP contribution is -2.09. The molecule has 0 atom stereocenters. The fourth-order valence-corrected chi connectivity index (χ4v) is 3.73. The summed E-state index contributed by atoms with van der Waals surface area (Å²) in [6.07, 6.45) is 0. The summed E-state index contributed by atoms with van der Waals surface area (Å²) >= 11 is 3.67. The van der Waals surface area contributed by atoms with E-state index >= 15 is 0 Å². The molecule has 92 valence electrons. The fraction of sp³-hybridized carbons (Fsp3) is 0.385. The van der Waals surface area contributed by atoms with Crippen LogP contribution in [0.15, 0.2) is 29.0 Å². The second-order valence-corrected chi connectivity index (χ2v) is 6.95. The van der Waals surface area contributed by atoms with Gasteiger partial charge in [0.15, 0.2) is 6.79 Å². The van der Waals surface area contributed by atoms with Crippen LogP contribution in [0.3, 0.4) is 0 Å². The summed E-state index contributed by atoms with van der Waals surface area (Å²) in [7, 11) is 1.63. The smallest absolute Gasteiger partial charge is 0.188 e. The average molecular weight is 268 g/mol. The van der Waals surface area contributed by atoms with Gasteiger partial charge in [-0.3, -0.25) is 0 Å². The summed E-state index contributed by atoms with van der Waals surface area (Å²) < 4.78 is 10.5. The Morgan fingerprint density at radius 2 is 1.88 bits per heavy atom. The predicted octanol–water partition coefficient (Wildman–Crippen LogP) is 4.10. The van der Waals surface area contributed by atoms with E-state index in [2.05, 4.69) is 36.8 Å². The van der Waals surface area contributed by atoms with E-state index in [1.165, 1.54) is 11.1 Å². The summed E-state index contributed by atoms with van der Waals surface area (Å²) in [6.45, 7) is 4.61. The van der Waals surface area contributed by atoms with E-state index in [9.17, 15) is 0 Å². The Morgan fingerprint density at radius 3 is 2.53 bits per heavy atom. The SMILES string of the molecule is COCOc1cc(C)cc(C2(C)SC=CS2)c1. The maximum Gasteiger partial charge on any atom is 0.188 e. The van der Waals surface area contributed by atoms with Crippen molar-refractivity contribution >= 4 is 23.5 Å². The van der Waals surface area contributed by atoms with Gasteiger partial charge in [0.2, 0.25) is 0 Å². The average Bonchev–Trinajstić information content (AvgIpc) is 2.74. The van der Waals surface area contributed by atoms with Gasteiger partial charge in [0, 0.05) is 7.11 Å². The number of benzene rings is 1. The monoisotopic (exact) mass is 268 g/mol. The van der Waals surface area contributed by atoms with E-state index in [1.54, 1.807) is 7.11 Å². The predicted molar refractivity (Wildman–Crippen MR) is 75.4 cm³/mol. The van der Waals surface area contributed by atoms with Crippen molar-refractivity contribution in [3.05, 3.63) is 40.1 Å². The second kappa shape index (κ2) is 5.38. The summed E-state index contributed by atoms with van der Waals surface area (Å²) in [6, 6.07) is 6.34. The lowest BCUT2D eigenvalue weighted by atomic mass is 10.1. The molecule has 0 spiro atoms. The molecule has 2 nitrogen and oxygen atoms in total. The Labute approximate surface area is 111 Å². The van der Waals surface area contributed by atoms with Gasteiger partial charge in [-0.1, -0.05) is 6.07 Å². The normalized spacial score (nSPS) is 17.4. The van der Waals surface area contributed by atoms with Gasteiger partial charge in [-0.2, -0.15) is 0 Å². The Morgan fingerprint density at radius 1 is 1.18 bits per heavy atom. The minimum atomic E-state index is 0.0667. The van der Waals surface area contributed by atoms with Gasteiger partial charge in [0.1, 0.15) is 5.75 Å². The van der Waals surface area contributed by atoms with E-state index in [0.717, 1.165) is 5.75 Å². The van der Waals surface area contributed by atoms with Crippen LogP contribution in [0.1, 0.15) is 18.1 Å². The van der Waals surface area contributed by atoms with E-state index in [-0.39, 0.29) is 10.9 Å². The maximum absolute atomic E-state index is 5.52. The van der Waals surface area contributed by atoms with Gasteiger partial charge in [-0.15, -0.1) is 23.5 Å². The third-order valence-electron chi connectivity index (χ3n) is 2.56. The topological polar surface area (TPSA) is 18.5 Å². The van der Waals surface area contributed by atoms with Gasteiger partial charge >= 0.3 is 0 Å². The van der Waals surface area contributed by atoms with Crippen molar-refractivity contribution in [3.8, 4) is 5.75 Å². The molecule has 0 fully saturated rings. The third-order valence-corrected chi connectivity index (χ3v) is 5.23. The number of aryl methyl sites for hydroxylation is 1. The number of ether oxygens (including phenoxy) is 2. The number of thioether (sulfide) groups is 2. The third kappa shape index (κ3) is 3.00. The molecule has 1 heterocycles. The molecule has 0 aromatic heterocycles. The summed E-state index contributed by atoms with van der Waals surface area (Å²) in [4.78, 5) is 0. The molecule has 0 radical (unpaired) electrons. The van der Waals surface area contributed by atoms with Crippen LogP contribution in [0.25, 0.3) is 0 Å². The van der Waals surface area contributed by atoms with Crippen LogP contribution in [0.2, 0.25) is 0 Å². The quantitative estimate of drug-likeness (QED) is 0.765. The van der Waals surface area contributed by atoms with Crippen molar-refractivity contribution in [3.63, 3.8) is 0 Å². The van der Waals surface area contributed by atoms with Crippen molar-refractivity contribution in [1.82, 2.24) is 0 Å². The van der Waals surface area contributed by atoms with E-state index in [1.807, 2.05) is 29.6 Å². The summed E-state index contributed by atoms with van der Waals surface area (Å²) in [5.74, 6) is 0.871. The minimum absolute atomic E-state index is 0.0667. The molecule has 2 rings (SSSR count). The number of hydrogen-bond acceptors (Lipinski definition) is 4. The van der Waals surface area contributed by atoms with Crippen molar-refractivity contribution in [2.75, 3.05) is 13.9 Å². The highest BCUT2D eigenvalue weighted by molar-refractivity contribution is 8.22. The van der Waals surface area contributed by atoms with Crippen molar-refractivity contribution in [2.24, 2.45) is 0 Å². The first-order valence-electron chi connectivity index (χ1n) is 5.38. The molecular formula is C13H16O2S2. The molecule has 0 unspecified atom stereocenters. The highest BCUT2D eigenvalue weighted by Gasteiger charge is 2.30. The van der Waals surface area contributed by atoms with Crippen LogP contribution in [0, 0.1) is 6.92 Å². The molecule has 1 aromatic rings. The molecule has 1 aliphatic rings. The van der Waals surface area contributed by atoms with E-state index in [0.29, 0.717) is 0 Å². The van der Waals surface area contributed by atoms with Gasteiger partial charge < -0.3 is 9.47 Å². The molecule has 1 aliphatic heterocycles. The molecule has 0 saturated heterocycles. The number of methoxy groups -OCH3 is 1. The van der Waals surface area contributed by atoms with Crippen LogP contribution in [0.5, 0.6) is 5.75 Å². The largest absolute Gasteiger partial charge is 0.468 e. The summed E-state index contributed by atoms with van der Waals surface area (Å²) in [5.41, 5.74) is 2.49. The van der Waals surface area contributed by atoms with Crippen molar-refractivity contribution in [2.45, 2.75) is 17.9 Å². The molecule has 0 saturated carbocycles. The van der Waals surface area contributed by atoms with Crippen molar-refractivity contribution in [1.29, 1.82) is 0 Å². The highest BCUT2D eigenvalue weighted by Crippen LogP contribution is 2.52. The molecule has 0 aliphatic carbocycles. The van der Waals surface area contributed by atoms with Gasteiger partial charge in [0.05, 0.1) is 4.08 Å². The first kappa shape index (κ1) is 12.9. The van der Waals surface area contributed by atoms with E-state index < -0.39 is 0 Å². The molecule has 0 N–H and O–H groups in total. The Balaban J connectivity index is 2.25. The lowest BCUT2D eigenvalue weighted by Gasteiger charge is -2.23. The molecule has 17 heavy (non-hydrogen) atoms. The van der Waals surface area contributed by atoms with Crippen LogP contribution in [0.4, 0.5) is 0 Å². The first-order valence-corrected chi connectivity index (χ1v) is 7.14. The molecular weight excluding hydrogens is 252 g/mol. The van der Waals surface area contributed by atoms with Crippen LogP contribution >= 0.6 is 23.5 Å². The zero-order chi connectivity index (χ0) is 12.3. The van der Waals surface area contributed by atoms with Gasteiger partial charge in [0.25, 0.3) is 0 Å². The Bertz CT molecular complexity index is 421. The van der Waals surface area contributed by atoms with Crippen LogP contribution < -0.4 is 4.74 Å². The highest BCUT2D eigenvalue weighted by atomic mass is 32.2. The standard InChI is InChI=1S/C13H16O2S2/c1-10-6-11(13(2)16-4-5-17-13)8-12(7-10)15-9-14-3/h4-8H,9H2,1-3H3. The fourth-order valence-electron chi connectivity index (χ4n) is 1.70. The molecule has 1 aromatic carbocycles. The second-order valence-electron chi connectivity index (χ2n) is 4.04. The van der Waals surface area contributed by atoms with Gasteiger partial charge in [-0.25, -0.2) is 0 Å². The Kier molecular flexibility index (Phi) is 4.07. The molecule has 0 amide bonds. The maximum atomic E-state index is 5.52. The molecule has 0 bridgehead atoms. The Hall–Kier alpha value is -0.580. The van der Waals surface area contributed by atoms with E-state index in [4.69, 9.17) is 9.47 Å². The molecule has 4 heteroatoms. The summed E-state index contributed by atoms with van der Waals surface area (Å²) in [5, 5.41) is 4.28. The number of hydrogen-bond donors (Lipinski definition) is 0. The van der Waals surface area contributed by atoms with Crippen LogP contribution in [-0.2, 0) is 8.82 Å².